The van der Waals surface area contributed by atoms with E-state index in [0.717, 1.165) is 29.8 Å². The molecule has 0 atom stereocenters. The van der Waals surface area contributed by atoms with Gasteiger partial charge in [-0.25, -0.2) is 4.68 Å². The van der Waals surface area contributed by atoms with E-state index in [2.05, 4.69) is 39.1 Å². The zero-order valence-electron chi connectivity index (χ0n) is 17.7. The van der Waals surface area contributed by atoms with E-state index in [9.17, 15) is 9.59 Å². The van der Waals surface area contributed by atoms with Crippen LogP contribution < -0.4 is 5.32 Å². The van der Waals surface area contributed by atoms with Gasteiger partial charge in [0.1, 0.15) is 5.82 Å². The first-order valence-corrected chi connectivity index (χ1v) is 9.79. The Balaban J connectivity index is 1.87. The molecule has 1 fully saturated rings. The van der Waals surface area contributed by atoms with Crippen molar-refractivity contribution in [2.24, 2.45) is 5.92 Å². The van der Waals surface area contributed by atoms with Gasteiger partial charge in [0.25, 0.3) is 0 Å². The molecule has 1 aromatic carbocycles. The molecule has 1 heterocycles. The number of carbonyl (C=O) groups is 2. The highest BCUT2D eigenvalue weighted by Crippen LogP contribution is 2.31. The Labute approximate surface area is 166 Å². The Morgan fingerprint density at radius 3 is 2.46 bits per heavy atom. The predicted molar refractivity (Wildman–Crippen MR) is 111 cm³/mol. The van der Waals surface area contributed by atoms with Gasteiger partial charge >= 0.3 is 0 Å². The minimum Gasteiger partial charge on any atom is -0.336 e. The zero-order valence-corrected chi connectivity index (χ0v) is 17.7. The summed E-state index contributed by atoms with van der Waals surface area (Å²) in [7, 11) is 1.68. The molecule has 1 saturated carbocycles. The van der Waals surface area contributed by atoms with Gasteiger partial charge in [-0.3, -0.25) is 9.59 Å². The van der Waals surface area contributed by atoms with Crippen molar-refractivity contribution in [3.05, 3.63) is 41.1 Å². The van der Waals surface area contributed by atoms with Crippen LogP contribution in [0.5, 0.6) is 0 Å². The van der Waals surface area contributed by atoms with Gasteiger partial charge in [-0.05, 0) is 38.3 Å². The number of aryl methyl sites for hydroxylation is 2. The summed E-state index contributed by atoms with van der Waals surface area (Å²) in [5.41, 5.74) is 3.93. The Bertz CT molecular complexity index is 904. The Morgan fingerprint density at radius 2 is 1.89 bits per heavy atom. The van der Waals surface area contributed by atoms with Crippen molar-refractivity contribution in [3.8, 4) is 5.69 Å². The van der Waals surface area contributed by atoms with Crippen LogP contribution in [0.25, 0.3) is 5.69 Å². The lowest BCUT2D eigenvalue weighted by atomic mass is 9.92. The fourth-order valence-electron chi connectivity index (χ4n) is 3.18. The van der Waals surface area contributed by atoms with E-state index in [-0.39, 0.29) is 29.7 Å². The third-order valence-electron chi connectivity index (χ3n) is 5.01. The van der Waals surface area contributed by atoms with Crippen LogP contribution in [-0.4, -0.2) is 40.1 Å². The highest BCUT2D eigenvalue weighted by Gasteiger charge is 2.32. The molecule has 6 heteroatoms. The number of rotatable bonds is 5. The van der Waals surface area contributed by atoms with Crippen molar-refractivity contribution in [2.75, 3.05) is 18.9 Å². The molecule has 0 radical (unpaired) electrons. The number of anilines is 1. The molecule has 0 saturated heterocycles. The molecule has 3 rings (SSSR count). The number of hydrogen-bond donors (Lipinski definition) is 1. The number of aromatic nitrogens is 2. The van der Waals surface area contributed by atoms with E-state index in [1.165, 1.54) is 10.5 Å². The molecule has 150 valence electrons. The second-order valence-electron chi connectivity index (χ2n) is 8.88. The predicted octanol–water partition coefficient (Wildman–Crippen LogP) is 3.59. The van der Waals surface area contributed by atoms with Crippen LogP contribution in [0, 0.1) is 19.8 Å². The Hall–Kier alpha value is -2.63. The minimum absolute atomic E-state index is 0.0399. The van der Waals surface area contributed by atoms with Gasteiger partial charge in [0.2, 0.25) is 11.8 Å². The average Bonchev–Trinajstić information content (AvgIpc) is 3.34. The van der Waals surface area contributed by atoms with Gasteiger partial charge in [-0.2, -0.15) is 5.10 Å². The molecule has 2 aromatic rings. The molecule has 6 nitrogen and oxygen atoms in total. The molecule has 0 bridgehead atoms. The van der Waals surface area contributed by atoms with Gasteiger partial charge in [-0.1, -0.05) is 38.5 Å². The molecule has 1 N–H and O–H groups in total. The number of nitrogens with one attached hydrogen (secondary N) is 1. The van der Waals surface area contributed by atoms with E-state index >= 15 is 0 Å². The third-order valence-corrected chi connectivity index (χ3v) is 5.01. The quantitative estimate of drug-likeness (QED) is 0.859. The third kappa shape index (κ3) is 4.43. The summed E-state index contributed by atoms with van der Waals surface area (Å²) in [5.74, 6) is 0.552. The summed E-state index contributed by atoms with van der Waals surface area (Å²) in [5, 5.41) is 7.73. The van der Waals surface area contributed by atoms with Gasteiger partial charge in [0.15, 0.2) is 0 Å². The fraction of sp³-hybridized carbons (Fsp3) is 0.500. The first-order chi connectivity index (χ1) is 13.1. The Kier molecular flexibility index (Phi) is 5.33. The van der Waals surface area contributed by atoms with Crippen molar-refractivity contribution in [3.63, 3.8) is 0 Å². The van der Waals surface area contributed by atoms with E-state index in [4.69, 9.17) is 5.10 Å². The molecular weight excluding hydrogens is 352 g/mol. The van der Waals surface area contributed by atoms with Crippen molar-refractivity contribution >= 4 is 17.6 Å². The monoisotopic (exact) mass is 382 g/mol. The molecule has 1 aromatic heterocycles. The summed E-state index contributed by atoms with van der Waals surface area (Å²) in [4.78, 5) is 26.2. The smallest absolute Gasteiger partial charge is 0.245 e. The summed E-state index contributed by atoms with van der Waals surface area (Å²) < 4.78 is 1.79. The number of hydrogen-bond acceptors (Lipinski definition) is 3. The van der Waals surface area contributed by atoms with E-state index in [1.54, 1.807) is 11.7 Å². The largest absolute Gasteiger partial charge is 0.336 e. The second-order valence-corrected chi connectivity index (χ2v) is 8.88. The lowest BCUT2D eigenvalue weighted by Gasteiger charge is -2.17. The fourth-order valence-corrected chi connectivity index (χ4v) is 3.18. The summed E-state index contributed by atoms with van der Waals surface area (Å²) in [6, 6.07) is 8.07. The van der Waals surface area contributed by atoms with Crippen LogP contribution in [0.1, 0.15) is 50.4 Å². The van der Waals surface area contributed by atoms with Crippen LogP contribution in [0.3, 0.4) is 0 Å². The van der Waals surface area contributed by atoms with Crippen LogP contribution in [0.2, 0.25) is 0 Å². The van der Waals surface area contributed by atoms with E-state index in [1.807, 2.05) is 25.1 Å². The first-order valence-electron chi connectivity index (χ1n) is 9.79. The minimum atomic E-state index is -0.220. The highest BCUT2D eigenvalue weighted by molar-refractivity contribution is 5.94. The molecular formula is C22H30N4O2. The molecule has 0 spiro atoms. The van der Waals surface area contributed by atoms with Gasteiger partial charge in [0, 0.05) is 24.4 Å². The van der Waals surface area contributed by atoms with Crippen LogP contribution in [0.4, 0.5) is 5.82 Å². The molecule has 0 aliphatic heterocycles. The molecule has 0 unspecified atom stereocenters. The molecule has 1 aliphatic carbocycles. The lowest BCUT2D eigenvalue weighted by molar-refractivity contribution is -0.134. The summed E-state index contributed by atoms with van der Waals surface area (Å²) in [6.07, 6.45) is 1.86. The standard InChI is InChI=1S/C22H30N4O2/c1-14-7-10-17(15(2)11-14)26-19(12-18(24-26)22(3,4)5)23-20(27)13-25(6)21(28)16-8-9-16/h7,10-12,16H,8-9,13H2,1-6H3,(H,23,27). The average molecular weight is 383 g/mol. The highest BCUT2D eigenvalue weighted by atomic mass is 16.2. The van der Waals surface area contributed by atoms with Crippen molar-refractivity contribution in [1.29, 1.82) is 0 Å². The van der Waals surface area contributed by atoms with Crippen LogP contribution in [-0.2, 0) is 15.0 Å². The number of nitrogens with zero attached hydrogens (tertiary/aromatic N) is 3. The topological polar surface area (TPSA) is 67.2 Å². The summed E-state index contributed by atoms with van der Waals surface area (Å²) >= 11 is 0. The molecule has 2 amide bonds. The number of amides is 2. The van der Waals surface area contributed by atoms with Gasteiger partial charge in [-0.15, -0.1) is 0 Å². The van der Waals surface area contributed by atoms with E-state index < -0.39 is 0 Å². The lowest BCUT2D eigenvalue weighted by Crippen LogP contribution is -2.36. The van der Waals surface area contributed by atoms with Gasteiger partial charge in [0.05, 0.1) is 17.9 Å². The maximum atomic E-state index is 12.6. The first kappa shape index (κ1) is 20.1. The Morgan fingerprint density at radius 1 is 1.21 bits per heavy atom. The maximum Gasteiger partial charge on any atom is 0.245 e. The van der Waals surface area contributed by atoms with E-state index in [0.29, 0.717) is 5.82 Å². The number of likely N-dealkylation sites (N-methyl/N-ethyl adjacent to an activating group) is 1. The molecule has 28 heavy (non-hydrogen) atoms. The van der Waals surface area contributed by atoms with Crippen LogP contribution >= 0.6 is 0 Å². The SMILES string of the molecule is Cc1ccc(-n2nc(C(C)(C)C)cc2NC(=O)CN(C)C(=O)C2CC2)c(C)c1. The maximum absolute atomic E-state index is 12.6. The molecule has 1 aliphatic rings. The van der Waals surface area contributed by atoms with Crippen molar-refractivity contribution < 1.29 is 9.59 Å². The van der Waals surface area contributed by atoms with Crippen LogP contribution in [0.15, 0.2) is 24.3 Å². The van der Waals surface area contributed by atoms with Gasteiger partial charge < -0.3 is 10.2 Å². The second kappa shape index (κ2) is 7.41. The summed E-state index contributed by atoms with van der Waals surface area (Å²) in [6.45, 7) is 10.4. The van der Waals surface area contributed by atoms with Crippen molar-refractivity contribution in [1.82, 2.24) is 14.7 Å². The number of benzene rings is 1. The zero-order chi connectivity index (χ0) is 20.6. The van der Waals surface area contributed by atoms with Crippen molar-refractivity contribution in [2.45, 2.75) is 52.9 Å². The normalized spacial score (nSPS) is 14.1. The number of carbonyl (C=O) groups excluding carboxylic acids is 2.